The molecule has 0 aliphatic rings. The van der Waals surface area contributed by atoms with Crippen LogP contribution in [0.4, 0.5) is 10.5 Å². The second-order valence-electron chi connectivity index (χ2n) is 3.58. The first kappa shape index (κ1) is 10.5. The number of hydrogen-bond donors (Lipinski definition) is 1. The van der Waals surface area contributed by atoms with Crippen LogP contribution in [0.2, 0.25) is 0 Å². The largest absolute Gasteiger partial charge is 0.335 e. The molecule has 0 heterocycles. The lowest BCUT2D eigenvalue weighted by Gasteiger charge is -2.03. The maximum absolute atomic E-state index is 11.7. The lowest BCUT2D eigenvalue weighted by Crippen LogP contribution is -2.27. The Morgan fingerprint density at radius 3 is 2.06 bits per heavy atom. The van der Waals surface area contributed by atoms with Crippen LogP contribution in [0, 0.1) is 0 Å². The van der Waals surface area contributed by atoms with Crippen LogP contribution in [-0.2, 0) is 0 Å². The Balaban J connectivity index is 1.95. The molecule has 0 aliphatic carbocycles. The van der Waals surface area contributed by atoms with Crippen molar-refractivity contribution in [1.82, 2.24) is 0 Å². The monoisotopic (exact) mass is 209 g/mol. The summed E-state index contributed by atoms with van der Waals surface area (Å²) < 4.78 is 0. The van der Waals surface area contributed by atoms with Gasteiger partial charge in [0.25, 0.3) is 7.28 Å². The number of carbonyl (C=O) groups excluding carboxylic acids is 1. The molecule has 0 saturated carbocycles. The summed E-state index contributed by atoms with van der Waals surface area (Å²) in [6.07, 6.45) is 0. The van der Waals surface area contributed by atoms with Crippen molar-refractivity contribution in [2.45, 2.75) is 0 Å². The summed E-state index contributed by atoms with van der Waals surface area (Å²) in [6.45, 7) is 0. The molecule has 1 amide bonds. The van der Waals surface area contributed by atoms with Crippen molar-refractivity contribution in [3.05, 3.63) is 60.7 Å². The molecular weight excluding hydrogens is 197 g/mol. The summed E-state index contributed by atoms with van der Waals surface area (Å²) in [6, 6.07) is 19.2. The van der Waals surface area contributed by atoms with Crippen molar-refractivity contribution >= 4 is 24.2 Å². The third kappa shape index (κ3) is 2.99. The summed E-state index contributed by atoms with van der Waals surface area (Å²) in [7, 11) is 0.412. The fourth-order valence-electron chi connectivity index (χ4n) is 1.51. The van der Waals surface area contributed by atoms with Gasteiger partial charge in [-0.3, -0.25) is 4.79 Å². The summed E-state index contributed by atoms with van der Waals surface area (Å²) in [5.41, 5.74) is 1.86. The third-order valence-corrected chi connectivity index (χ3v) is 2.27. The molecule has 0 unspecified atom stereocenters. The van der Waals surface area contributed by atoms with Gasteiger partial charge in [0, 0.05) is 5.69 Å². The van der Waals surface area contributed by atoms with Gasteiger partial charge in [0.15, 0.2) is 5.81 Å². The number of amides is 1. The molecule has 78 valence electrons. The molecule has 1 N–H and O–H groups in total. The predicted molar refractivity (Wildman–Crippen MR) is 68.7 cm³/mol. The van der Waals surface area contributed by atoms with E-state index in [-0.39, 0.29) is 5.81 Å². The first-order chi connectivity index (χ1) is 7.84. The number of para-hydroxylation sites is 1. The molecule has 3 heteroatoms. The Labute approximate surface area is 95.6 Å². The van der Waals surface area contributed by atoms with Gasteiger partial charge < -0.3 is 5.32 Å². The number of benzene rings is 2. The van der Waals surface area contributed by atoms with Crippen molar-refractivity contribution in [1.29, 1.82) is 0 Å². The van der Waals surface area contributed by atoms with E-state index in [0.29, 0.717) is 7.28 Å². The van der Waals surface area contributed by atoms with Crippen molar-refractivity contribution < 1.29 is 4.79 Å². The fourth-order valence-corrected chi connectivity index (χ4v) is 1.51. The minimum atomic E-state index is 0.0115. The van der Waals surface area contributed by atoms with E-state index in [1.54, 1.807) is 0 Å². The van der Waals surface area contributed by atoms with Gasteiger partial charge in [-0.1, -0.05) is 54.0 Å². The third-order valence-electron chi connectivity index (χ3n) is 2.27. The van der Waals surface area contributed by atoms with E-state index in [1.807, 2.05) is 60.7 Å². The molecule has 0 spiro atoms. The quantitative estimate of drug-likeness (QED) is 0.769. The molecule has 16 heavy (non-hydrogen) atoms. The zero-order valence-electron chi connectivity index (χ0n) is 8.89. The maximum atomic E-state index is 11.7. The maximum Gasteiger partial charge on any atom is 0.267 e. The van der Waals surface area contributed by atoms with E-state index >= 15 is 0 Å². The smallest absolute Gasteiger partial charge is 0.267 e. The van der Waals surface area contributed by atoms with Gasteiger partial charge in [0.1, 0.15) is 0 Å². The van der Waals surface area contributed by atoms with Gasteiger partial charge >= 0.3 is 0 Å². The standard InChI is InChI=1S/C13H12BNO/c16-13(14-11-7-3-1-4-8-11)15-12-9-5-2-6-10-12/h1-10,14H,(H,15,16). The first-order valence-electron chi connectivity index (χ1n) is 5.23. The number of nitrogens with one attached hydrogen (secondary N) is 1. The predicted octanol–water partition coefficient (Wildman–Crippen LogP) is 1.98. The molecule has 0 bridgehead atoms. The SMILES string of the molecule is O=C(Bc1ccccc1)Nc1ccccc1. The lowest BCUT2D eigenvalue weighted by molar-refractivity contribution is 0.268. The molecular formula is C13H12BNO. The van der Waals surface area contributed by atoms with Crippen LogP contribution in [0.25, 0.3) is 0 Å². The van der Waals surface area contributed by atoms with Gasteiger partial charge in [-0.15, -0.1) is 0 Å². The van der Waals surface area contributed by atoms with E-state index < -0.39 is 0 Å². The zero-order chi connectivity index (χ0) is 11.2. The van der Waals surface area contributed by atoms with Crippen LogP contribution in [0.3, 0.4) is 0 Å². The molecule has 0 aromatic heterocycles. The molecule has 0 saturated heterocycles. The van der Waals surface area contributed by atoms with Crippen molar-refractivity contribution in [2.75, 3.05) is 5.32 Å². The molecule has 2 nitrogen and oxygen atoms in total. The van der Waals surface area contributed by atoms with Crippen LogP contribution in [0.1, 0.15) is 0 Å². The number of anilines is 1. The summed E-state index contributed by atoms with van der Waals surface area (Å²) >= 11 is 0. The van der Waals surface area contributed by atoms with Crippen molar-refractivity contribution in [3.63, 3.8) is 0 Å². The highest BCUT2D eigenvalue weighted by molar-refractivity contribution is 6.85. The molecule has 2 aromatic carbocycles. The van der Waals surface area contributed by atoms with Crippen molar-refractivity contribution in [2.24, 2.45) is 0 Å². The Morgan fingerprint density at radius 1 is 0.875 bits per heavy atom. The highest BCUT2D eigenvalue weighted by atomic mass is 16.1. The fraction of sp³-hybridized carbons (Fsp3) is 0. The van der Waals surface area contributed by atoms with E-state index in [1.165, 1.54) is 0 Å². The molecule has 0 aliphatic heterocycles. The second kappa shape index (κ2) is 5.17. The van der Waals surface area contributed by atoms with E-state index in [9.17, 15) is 4.79 Å². The van der Waals surface area contributed by atoms with E-state index in [2.05, 4.69) is 5.32 Å². The molecule has 0 fully saturated rings. The van der Waals surface area contributed by atoms with E-state index in [0.717, 1.165) is 11.2 Å². The van der Waals surface area contributed by atoms with E-state index in [4.69, 9.17) is 0 Å². The average Bonchev–Trinajstić information content (AvgIpc) is 2.31. The average molecular weight is 209 g/mol. The Hall–Kier alpha value is -2.03. The Morgan fingerprint density at radius 2 is 1.44 bits per heavy atom. The van der Waals surface area contributed by atoms with Crippen LogP contribution in [0.15, 0.2) is 60.7 Å². The number of carbonyl (C=O) groups is 1. The molecule has 0 radical (unpaired) electrons. The molecule has 2 aromatic rings. The minimum absolute atomic E-state index is 0.0115. The topological polar surface area (TPSA) is 29.1 Å². The summed E-state index contributed by atoms with van der Waals surface area (Å²) in [5, 5.41) is 2.85. The van der Waals surface area contributed by atoms with Gasteiger partial charge in [0.2, 0.25) is 0 Å². The van der Waals surface area contributed by atoms with Crippen molar-refractivity contribution in [3.8, 4) is 0 Å². The molecule has 0 atom stereocenters. The molecule has 2 rings (SSSR count). The van der Waals surface area contributed by atoms with Crippen LogP contribution < -0.4 is 10.8 Å². The van der Waals surface area contributed by atoms with Gasteiger partial charge in [-0.05, 0) is 12.1 Å². The number of hydrogen-bond acceptors (Lipinski definition) is 1. The number of rotatable bonds is 3. The normalized spacial score (nSPS) is 9.50. The zero-order valence-corrected chi connectivity index (χ0v) is 8.89. The van der Waals surface area contributed by atoms with Crippen LogP contribution in [-0.4, -0.2) is 13.1 Å². The first-order valence-corrected chi connectivity index (χ1v) is 5.23. The summed E-state index contributed by atoms with van der Waals surface area (Å²) in [5.74, 6) is 0.0115. The minimum Gasteiger partial charge on any atom is -0.335 e. The lowest BCUT2D eigenvalue weighted by atomic mass is 9.69. The van der Waals surface area contributed by atoms with Crippen LogP contribution in [0.5, 0.6) is 0 Å². The van der Waals surface area contributed by atoms with Gasteiger partial charge in [-0.2, -0.15) is 0 Å². The van der Waals surface area contributed by atoms with Gasteiger partial charge in [-0.25, -0.2) is 0 Å². The Kier molecular flexibility index (Phi) is 3.39. The summed E-state index contributed by atoms with van der Waals surface area (Å²) in [4.78, 5) is 11.7. The van der Waals surface area contributed by atoms with Crippen LogP contribution >= 0.6 is 0 Å². The Bertz CT molecular complexity index is 412. The highest BCUT2D eigenvalue weighted by Crippen LogP contribution is 2.04. The second-order valence-corrected chi connectivity index (χ2v) is 3.58. The highest BCUT2D eigenvalue weighted by Gasteiger charge is 2.05. The van der Waals surface area contributed by atoms with Gasteiger partial charge in [0.05, 0.1) is 0 Å².